The number of Topliss-reactive ketones (excluding diaryl/α,β-unsaturated/α-hetero) is 1. The number of fused-ring (bicyclic) bond motifs is 1. The highest BCUT2D eigenvalue weighted by Crippen LogP contribution is 2.29. The van der Waals surface area contributed by atoms with E-state index in [1.807, 2.05) is 0 Å². The second-order valence-corrected chi connectivity index (χ2v) is 3.40. The molecule has 82 valence electrons. The summed E-state index contributed by atoms with van der Waals surface area (Å²) in [5.74, 6) is -1.20. The summed E-state index contributed by atoms with van der Waals surface area (Å²) in [4.78, 5) is 22.3. The maximum Gasteiger partial charge on any atom is 0.284 e. The normalized spacial score (nSPS) is 10.6. The van der Waals surface area contributed by atoms with Gasteiger partial charge in [-0.1, -0.05) is 0 Å². The summed E-state index contributed by atoms with van der Waals surface area (Å²) in [5.41, 5.74) is 5.54. The SMILES string of the molecule is CC(=O)c1c(O)ccc2oc(C(N)=O)cc12. The third-order valence-corrected chi connectivity index (χ3v) is 2.27. The second-order valence-electron chi connectivity index (χ2n) is 3.40. The fourth-order valence-electron chi connectivity index (χ4n) is 1.59. The number of primary amides is 1. The van der Waals surface area contributed by atoms with E-state index >= 15 is 0 Å². The molecule has 0 bridgehead atoms. The summed E-state index contributed by atoms with van der Waals surface area (Å²) < 4.78 is 5.14. The number of rotatable bonds is 2. The molecule has 1 heterocycles. The Labute approximate surface area is 90.5 Å². The summed E-state index contributed by atoms with van der Waals surface area (Å²) in [6.45, 7) is 1.32. The van der Waals surface area contributed by atoms with Crippen LogP contribution in [0.25, 0.3) is 11.0 Å². The third kappa shape index (κ3) is 1.42. The molecule has 0 radical (unpaired) electrons. The number of amides is 1. The first kappa shape index (κ1) is 10.2. The van der Waals surface area contributed by atoms with Crippen molar-refractivity contribution in [3.63, 3.8) is 0 Å². The van der Waals surface area contributed by atoms with Crippen LogP contribution in [0.1, 0.15) is 27.8 Å². The molecule has 0 aliphatic heterocycles. The van der Waals surface area contributed by atoms with Crippen LogP contribution in [0.4, 0.5) is 0 Å². The Kier molecular flexibility index (Phi) is 2.16. The molecule has 0 aliphatic carbocycles. The van der Waals surface area contributed by atoms with Crippen LogP contribution >= 0.6 is 0 Å². The average molecular weight is 219 g/mol. The first-order valence-corrected chi connectivity index (χ1v) is 4.57. The molecular weight excluding hydrogens is 210 g/mol. The van der Waals surface area contributed by atoms with Crippen molar-refractivity contribution in [2.75, 3.05) is 0 Å². The molecule has 0 saturated heterocycles. The Morgan fingerprint density at radius 1 is 1.38 bits per heavy atom. The fourth-order valence-corrected chi connectivity index (χ4v) is 1.59. The van der Waals surface area contributed by atoms with Gasteiger partial charge < -0.3 is 15.3 Å². The molecule has 0 unspecified atom stereocenters. The molecule has 5 nitrogen and oxygen atoms in total. The highest BCUT2D eigenvalue weighted by Gasteiger charge is 2.16. The van der Waals surface area contributed by atoms with Gasteiger partial charge in [0.25, 0.3) is 5.91 Å². The number of hydrogen-bond acceptors (Lipinski definition) is 4. The summed E-state index contributed by atoms with van der Waals surface area (Å²) in [6, 6.07) is 4.17. The number of phenols is 1. The molecule has 0 aliphatic rings. The maximum absolute atomic E-state index is 11.3. The molecule has 0 atom stereocenters. The minimum Gasteiger partial charge on any atom is -0.507 e. The number of hydrogen-bond donors (Lipinski definition) is 2. The van der Waals surface area contributed by atoms with E-state index in [1.165, 1.54) is 25.1 Å². The first-order chi connectivity index (χ1) is 7.50. The van der Waals surface area contributed by atoms with Crippen LogP contribution in [0.2, 0.25) is 0 Å². The fraction of sp³-hybridized carbons (Fsp3) is 0.0909. The Morgan fingerprint density at radius 3 is 2.62 bits per heavy atom. The summed E-state index contributed by atoms with van der Waals surface area (Å²) >= 11 is 0. The van der Waals surface area contributed by atoms with E-state index in [2.05, 4.69) is 0 Å². The van der Waals surface area contributed by atoms with Crippen molar-refractivity contribution in [3.8, 4) is 5.75 Å². The topological polar surface area (TPSA) is 93.5 Å². The van der Waals surface area contributed by atoms with E-state index < -0.39 is 5.91 Å². The van der Waals surface area contributed by atoms with E-state index in [0.29, 0.717) is 11.0 Å². The molecular formula is C11H9NO4. The Hall–Kier alpha value is -2.30. The second kappa shape index (κ2) is 3.37. The van der Waals surface area contributed by atoms with Crippen LogP contribution in [-0.2, 0) is 0 Å². The summed E-state index contributed by atoms with van der Waals surface area (Å²) in [7, 11) is 0. The molecule has 2 rings (SSSR count). The van der Waals surface area contributed by atoms with Crippen molar-refractivity contribution in [1.29, 1.82) is 0 Å². The molecule has 5 heteroatoms. The lowest BCUT2D eigenvalue weighted by Crippen LogP contribution is -2.09. The number of carbonyl (C=O) groups is 2. The lowest BCUT2D eigenvalue weighted by molar-refractivity contribution is 0.0974. The van der Waals surface area contributed by atoms with Gasteiger partial charge in [-0.25, -0.2) is 0 Å². The lowest BCUT2D eigenvalue weighted by Gasteiger charge is -2.00. The molecule has 0 spiro atoms. The van der Waals surface area contributed by atoms with Gasteiger partial charge in [0.2, 0.25) is 0 Å². The van der Waals surface area contributed by atoms with Crippen LogP contribution in [0, 0.1) is 0 Å². The zero-order valence-electron chi connectivity index (χ0n) is 8.48. The van der Waals surface area contributed by atoms with Crippen molar-refractivity contribution < 1.29 is 19.1 Å². The van der Waals surface area contributed by atoms with Crippen molar-refractivity contribution in [1.82, 2.24) is 0 Å². The highest BCUT2D eigenvalue weighted by molar-refractivity contribution is 6.09. The largest absolute Gasteiger partial charge is 0.507 e. The number of nitrogens with two attached hydrogens (primary N) is 1. The van der Waals surface area contributed by atoms with Gasteiger partial charge >= 0.3 is 0 Å². The Morgan fingerprint density at radius 2 is 2.06 bits per heavy atom. The Balaban J connectivity index is 2.82. The van der Waals surface area contributed by atoms with E-state index in [4.69, 9.17) is 10.2 Å². The van der Waals surface area contributed by atoms with Crippen LogP contribution in [0.3, 0.4) is 0 Å². The van der Waals surface area contributed by atoms with Gasteiger partial charge in [0, 0.05) is 5.39 Å². The predicted molar refractivity (Wildman–Crippen MR) is 56.4 cm³/mol. The standard InChI is InChI=1S/C11H9NO4/c1-5(13)10-6-4-9(11(12)15)16-8(6)3-2-7(10)14/h2-4,14H,1H3,(H2,12,15). The van der Waals surface area contributed by atoms with Gasteiger partial charge in [0.15, 0.2) is 11.5 Å². The minimum absolute atomic E-state index is 0.0388. The van der Waals surface area contributed by atoms with Gasteiger partial charge in [-0.15, -0.1) is 0 Å². The number of ketones is 1. The quantitative estimate of drug-likeness (QED) is 0.747. The van der Waals surface area contributed by atoms with Gasteiger partial charge in [0.05, 0.1) is 5.56 Å². The number of benzene rings is 1. The maximum atomic E-state index is 11.3. The average Bonchev–Trinajstić information content (AvgIpc) is 2.60. The first-order valence-electron chi connectivity index (χ1n) is 4.57. The van der Waals surface area contributed by atoms with Crippen LogP contribution in [-0.4, -0.2) is 16.8 Å². The van der Waals surface area contributed by atoms with Gasteiger partial charge in [-0.3, -0.25) is 9.59 Å². The molecule has 0 fully saturated rings. The van der Waals surface area contributed by atoms with Crippen molar-refractivity contribution >= 4 is 22.7 Å². The Bertz CT molecular complexity index is 597. The van der Waals surface area contributed by atoms with E-state index in [-0.39, 0.29) is 22.9 Å². The van der Waals surface area contributed by atoms with Gasteiger partial charge in [-0.05, 0) is 25.1 Å². The van der Waals surface area contributed by atoms with Crippen molar-refractivity contribution in [2.45, 2.75) is 6.92 Å². The lowest BCUT2D eigenvalue weighted by atomic mass is 10.1. The molecule has 1 aromatic carbocycles. The zero-order valence-corrected chi connectivity index (χ0v) is 8.48. The number of furan rings is 1. The van der Waals surface area contributed by atoms with Crippen LogP contribution in [0.5, 0.6) is 5.75 Å². The van der Waals surface area contributed by atoms with Crippen molar-refractivity contribution in [3.05, 3.63) is 29.5 Å². The predicted octanol–water partition coefficient (Wildman–Crippen LogP) is 1.44. The van der Waals surface area contributed by atoms with Crippen molar-refractivity contribution in [2.24, 2.45) is 5.73 Å². The smallest absolute Gasteiger partial charge is 0.284 e. The van der Waals surface area contributed by atoms with Gasteiger partial charge in [-0.2, -0.15) is 0 Å². The molecule has 3 N–H and O–H groups in total. The summed E-state index contributed by atoms with van der Waals surface area (Å²) in [6.07, 6.45) is 0. The third-order valence-electron chi connectivity index (χ3n) is 2.27. The highest BCUT2D eigenvalue weighted by atomic mass is 16.3. The molecule has 1 aromatic heterocycles. The van der Waals surface area contributed by atoms with E-state index in [1.54, 1.807) is 0 Å². The molecule has 2 aromatic rings. The van der Waals surface area contributed by atoms with E-state index in [0.717, 1.165) is 0 Å². The zero-order chi connectivity index (χ0) is 11.9. The summed E-state index contributed by atoms with van der Waals surface area (Å²) in [5, 5.41) is 9.94. The number of phenolic OH excluding ortho intramolecular Hbond substituents is 1. The number of carbonyl (C=O) groups excluding carboxylic acids is 2. The van der Waals surface area contributed by atoms with Gasteiger partial charge in [0.1, 0.15) is 11.3 Å². The van der Waals surface area contributed by atoms with Crippen LogP contribution in [0.15, 0.2) is 22.6 Å². The minimum atomic E-state index is -0.717. The molecule has 16 heavy (non-hydrogen) atoms. The molecule has 1 amide bonds. The number of aromatic hydroxyl groups is 1. The van der Waals surface area contributed by atoms with Crippen LogP contribution < -0.4 is 5.73 Å². The monoisotopic (exact) mass is 219 g/mol. The molecule has 0 saturated carbocycles. The van der Waals surface area contributed by atoms with E-state index in [9.17, 15) is 14.7 Å².